The molecule has 1 unspecified atom stereocenters. The highest BCUT2D eigenvalue weighted by atomic mass is 16.6. The molecular weight excluding hydrogens is 789 g/mol. The van der Waals surface area contributed by atoms with E-state index in [1.165, 1.54) is 83.5 Å². The van der Waals surface area contributed by atoms with Crippen LogP contribution in [0, 0.1) is 0 Å². The van der Waals surface area contributed by atoms with Gasteiger partial charge in [-0.1, -0.05) is 201 Å². The van der Waals surface area contributed by atoms with Gasteiger partial charge in [0.25, 0.3) is 0 Å². The number of esters is 2. The van der Waals surface area contributed by atoms with E-state index in [4.69, 9.17) is 14.2 Å². The summed E-state index contributed by atoms with van der Waals surface area (Å²) in [5.74, 6) is -0.460. The molecule has 0 radical (unpaired) electrons. The molecule has 0 N–H and O–H groups in total. The minimum absolute atomic E-state index is 0.0457. The summed E-state index contributed by atoms with van der Waals surface area (Å²) >= 11 is 0. The van der Waals surface area contributed by atoms with Crippen molar-refractivity contribution in [3.63, 3.8) is 0 Å². The summed E-state index contributed by atoms with van der Waals surface area (Å²) in [6.07, 6.45) is 73.9. The smallest absolute Gasteiger partial charge is 0.306 e. The largest absolute Gasteiger partial charge is 0.462 e. The van der Waals surface area contributed by atoms with E-state index in [0.717, 1.165) is 109 Å². The van der Waals surface area contributed by atoms with Crippen molar-refractivity contribution in [2.75, 3.05) is 19.8 Å². The number of hydrogen-bond donors (Lipinski definition) is 0. The van der Waals surface area contributed by atoms with Crippen LogP contribution < -0.4 is 0 Å². The molecule has 5 heteroatoms. The van der Waals surface area contributed by atoms with Crippen molar-refractivity contribution in [1.29, 1.82) is 0 Å². The van der Waals surface area contributed by atoms with Crippen LogP contribution in [0.5, 0.6) is 0 Å². The van der Waals surface area contributed by atoms with Crippen LogP contribution in [-0.2, 0) is 23.8 Å². The van der Waals surface area contributed by atoms with Gasteiger partial charge < -0.3 is 14.2 Å². The Hall–Kier alpha value is -3.44. The molecule has 0 aliphatic rings. The first kappa shape index (κ1) is 60.6. The second kappa shape index (κ2) is 53.9. The van der Waals surface area contributed by atoms with Crippen LogP contribution in [0.3, 0.4) is 0 Å². The standard InChI is InChI=1S/C59H98O5/c1-4-7-10-13-16-19-22-25-27-28-29-30-31-33-36-39-42-45-48-51-54-62-55-57(64-59(61)53-50-47-44-41-38-34-24-21-18-15-12-9-6-3)56-63-58(60)52-49-46-43-40-37-35-32-26-23-20-17-14-11-8-5-2/h7,10,16-17,19-21,24-27,29-30,32-33,36,42,45,57H,4-6,8-9,11-15,18,22-23,28,31,34-35,37-41,43-44,46-56H2,1-3H3/b10-7-,19-16-,20-17-,24-21-,27-25-,30-29-,32-26-,36-33-,45-42-. The van der Waals surface area contributed by atoms with E-state index in [9.17, 15) is 9.59 Å². The van der Waals surface area contributed by atoms with Crippen LogP contribution in [-0.4, -0.2) is 37.9 Å². The van der Waals surface area contributed by atoms with Gasteiger partial charge in [-0.05, 0) is 122 Å². The topological polar surface area (TPSA) is 61.8 Å². The minimum atomic E-state index is -0.583. The maximum Gasteiger partial charge on any atom is 0.306 e. The fourth-order valence-electron chi connectivity index (χ4n) is 6.84. The second-order valence-electron chi connectivity index (χ2n) is 17.0. The van der Waals surface area contributed by atoms with Gasteiger partial charge in [-0.15, -0.1) is 0 Å². The van der Waals surface area contributed by atoms with Crippen molar-refractivity contribution in [1.82, 2.24) is 0 Å². The van der Waals surface area contributed by atoms with Gasteiger partial charge in [-0.3, -0.25) is 9.59 Å². The second-order valence-corrected chi connectivity index (χ2v) is 17.0. The molecule has 0 saturated heterocycles. The maximum atomic E-state index is 12.8. The Labute approximate surface area is 395 Å². The molecule has 0 heterocycles. The molecule has 0 fully saturated rings. The molecule has 0 aliphatic carbocycles. The molecule has 0 amide bonds. The lowest BCUT2D eigenvalue weighted by atomic mass is 10.1. The van der Waals surface area contributed by atoms with Gasteiger partial charge in [-0.2, -0.15) is 0 Å². The third-order valence-corrected chi connectivity index (χ3v) is 10.8. The predicted octanol–water partition coefficient (Wildman–Crippen LogP) is 18.0. The van der Waals surface area contributed by atoms with Gasteiger partial charge in [0.15, 0.2) is 6.10 Å². The zero-order valence-electron chi connectivity index (χ0n) is 41.8. The number of unbranched alkanes of at least 4 members (excludes halogenated alkanes) is 18. The zero-order chi connectivity index (χ0) is 46.3. The monoisotopic (exact) mass is 887 g/mol. The summed E-state index contributed by atoms with van der Waals surface area (Å²) in [4.78, 5) is 25.4. The predicted molar refractivity (Wildman–Crippen MR) is 279 cm³/mol. The fraction of sp³-hybridized carbons (Fsp3) is 0.661. The van der Waals surface area contributed by atoms with Gasteiger partial charge >= 0.3 is 11.9 Å². The molecule has 0 spiro atoms. The average Bonchev–Trinajstić information content (AvgIpc) is 3.30. The molecule has 0 rings (SSSR count). The van der Waals surface area contributed by atoms with Crippen LogP contribution >= 0.6 is 0 Å². The number of carbonyl (C=O) groups excluding carboxylic acids is 2. The van der Waals surface area contributed by atoms with Gasteiger partial charge in [-0.25, -0.2) is 0 Å². The number of allylic oxidation sites excluding steroid dienone is 18. The maximum absolute atomic E-state index is 12.8. The highest BCUT2D eigenvalue weighted by Gasteiger charge is 2.17. The Kier molecular flexibility index (Phi) is 51.0. The van der Waals surface area contributed by atoms with E-state index in [0.29, 0.717) is 19.4 Å². The van der Waals surface area contributed by atoms with Gasteiger partial charge in [0.1, 0.15) is 6.61 Å². The van der Waals surface area contributed by atoms with Gasteiger partial charge in [0, 0.05) is 19.4 Å². The number of hydrogen-bond acceptors (Lipinski definition) is 5. The van der Waals surface area contributed by atoms with Crippen molar-refractivity contribution in [3.05, 3.63) is 109 Å². The van der Waals surface area contributed by atoms with Crippen LogP contribution in [0.15, 0.2) is 109 Å². The molecular formula is C59H98O5. The van der Waals surface area contributed by atoms with Crippen molar-refractivity contribution >= 4 is 11.9 Å². The van der Waals surface area contributed by atoms with Crippen molar-refractivity contribution in [3.8, 4) is 0 Å². The van der Waals surface area contributed by atoms with Crippen LogP contribution in [0.2, 0.25) is 0 Å². The molecule has 0 saturated carbocycles. The Balaban J connectivity index is 4.42. The molecule has 0 aromatic rings. The number of ether oxygens (including phenoxy) is 3. The third kappa shape index (κ3) is 51.2. The minimum Gasteiger partial charge on any atom is -0.462 e. The zero-order valence-corrected chi connectivity index (χ0v) is 41.8. The summed E-state index contributed by atoms with van der Waals surface area (Å²) in [7, 11) is 0. The Morgan fingerprint density at radius 3 is 1.17 bits per heavy atom. The van der Waals surface area contributed by atoms with Crippen LogP contribution in [0.1, 0.15) is 226 Å². The summed E-state index contributed by atoms with van der Waals surface area (Å²) < 4.78 is 17.3. The summed E-state index contributed by atoms with van der Waals surface area (Å²) in [6, 6.07) is 0. The molecule has 0 bridgehead atoms. The van der Waals surface area contributed by atoms with Gasteiger partial charge in [0.2, 0.25) is 0 Å². The average molecular weight is 887 g/mol. The van der Waals surface area contributed by atoms with E-state index in [2.05, 4.69) is 130 Å². The van der Waals surface area contributed by atoms with E-state index in [-0.39, 0.29) is 25.2 Å². The molecule has 0 aliphatic heterocycles. The SMILES string of the molecule is CC/C=C\C/C=C\C/C=C\C/C=C\C/C=C\C/C=C\CCCOCC(COC(=O)CCCCCCC/C=C\C/C=C\CCCCC)OC(=O)CCCCCCC/C=C\CCCCCC. The highest BCUT2D eigenvalue weighted by Crippen LogP contribution is 2.12. The van der Waals surface area contributed by atoms with Crippen molar-refractivity contribution in [2.24, 2.45) is 0 Å². The van der Waals surface area contributed by atoms with Crippen molar-refractivity contribution in [2.45, 2.75) is 232 Å². The van der Waals surface area contributed by atoms with Crippen molar-refractivity contribution < 1.29 is 23.8 Å². The highest BCUT2D eigenvalue weighted by molar-refractivity contribution is 5.70. The molecule has 64 heavy (non-hydrogen) atoms. The molecule has 0 aromatic heterocycles. The summed E-state index contributed by atoms with van der Waals surface area (Å²) in [5, 5.41) is 0. The molecule has 5 nitrogen and oxygen atoms in total. The number of rotatable bonds is 47. The molecule has 1 atom stereocenters. The summed E-state index contributed by atoms with van der Waals surface area (Å²) in [5.41, 5.74) is 0. The quantitative estimate of drug-likeness (QED) is 0.0346. The lowest BCUT2D eigenvalue weighted by Crippen LogP contribution is -2.30. The normalized spacial score (nSPS) is 13.1. The Bertz CT molecular complexity index is 1280. The van der Waals surface area contributed by atoms with Crippen LogP contribution in [0.4, 0.5) is 0 Å². The first-order chi connectivity index (χ1) is 31.6. The molecule has 364 valence electrons. The Morgan fingerprint density at radius 2 is 0.703 bits per heavy atom. The Morgan fingerprint density at radius 1 is 0.359 bits per heavy atom. The third-order valence-electron chi connectivity index (χ3n) is 10.8. The van der Waals surface area contributed by atoms with E-state index >= 15 is 0 Å². The first-order valence-corrected chi connectivity index (χ1v) is 26.4. The van der Waals surface area contributed by atoms with E-state index < -0.39 is 6.10 Å². The van der Waals surface area contributed by atoms with Crippen LogP contribution in [0.25, 0.3) is 0 Å². The summed E-state index contributed by atoms with van der Waals surface area (Å²) in [6.45, 7) is 7.50. The van der Waals surface area contributed by atoms with E-state index in [1.807, 2.05) is 0 Å². The fourth-order valence-corrected chi connectivity index (χ4v) is 6.84. The first-order valence-electron chi connectivity index (χ1n) is 26.4. The lowest BCUT2D eigenvalue weighted by molar-refractivity contribution is -0.163. The lowest BCUT2D eigenvalue weighted by Gasteiger charge is -2.18. The molecule has 0 aromatic carbocycles. The van der Waals surface area contributed by atoms with Gasteiger partial charge in [0.05, 0.1) is 6.61 Å². The van der Waals surface area contributed by atoms with E-state index in [1.54, 1.807) is 0 Å². The number of carbonyl (C=O) groups is 2.